The van der Waals surface area contributed by atoms with Gasteiger partial charge in [-0.1, -0.05) is 6.92 Å². The SMILES string of the molecule is CCOC(=O)[C@@H](CC)S[C@@H](C)c1nnc(C)s1. The zero-order valence-electron chi connectivity index (χ0n) is 10.6. The van der Waals surface area contributed by atoms with E-state index in [1.165, 1.54) is 0 Å². The largest absolute Gasteiger partial charge is 0.465 e. The van der Waals surface area contributed by atoms with Crippen molar-refractivity contribution in [2.45, 2.75) is 44.6 Å². The van der Waals surface area contributed by atoms with Gasteiger partial charge in [0.25, 0.3) is 0 Å². The van der Waals surface area contributed by atoms with Crippen LogP contribution < -0.4 is 0 Å². The van der Waals surface area contributed by atoms with Crippen molar-refractivity contribution in [2.75, 3.05) is 6.61 Å². The highest BCUT2D eigenvalue weighted by atomic mass is 32.2. The van der Waals surface area contributed by atoms with E-state index in [1.807, 2.05) is 27.7 Å². The minimum absolute atomic E-state index is 0.117. The first kappa shape index (κ1) is 14.4. The molecule has 2 atom stereocenters. The summed E-state index contributed by atoms with van der Waals surface area (Å²) < 4.78 is 5.04. The molecule has 1 aromatic heterocycles. The maximum absolute atomic E-state index is 11.7. The topological polar surface area (TPSA) is 52.1 Å². The molecule has 0 aromatic carbocycles. The summed E-state index contributed by atoms with van der Waals surface area (Å²) in [7, 11) is 0. The third-order valence-electron chi connectivity index (χ3n) is 2.18. The van der Waals surface area contributed by atoms with E-state index in [2.05, 4.69) is 10.2 Å². The standard InChI is InChI=1S/C11H18N2O2S2/c1-5-9(11(14)15-6-2)16-7(3)10-13-12-8(4)17-10/h7,9H,5-6H2,1-4H3/t7-,9+/m0/s1. The smallest absolute Gasteiger partial charge is 0.319 e. The number of ether oxygens (including phenoxy) is 1. The number of esters is 1. The highest BCUT2D eigenvalue weighted by molar-refractivity contribution is 8.00. The third-order valence-corrected chi connectivity index (χ3v) is 4.83. The zero-order chi connectivity index (χ0) is 12.8. The van der Waals surface area contributed by atoms with Gasteiger partial charge in [-0.3, -0.25) is 4.79 Å². The lowest BCUT2D eigenvalue weighted by Crippen LogP contribution is -2.20. The maximum atomic E-state index is 11.7. The van der Waals surface area contributed by atoms with Gasteiger partial charge < -0.3 is 4.74 Å². The molecule has 0 fully saturated rings. The quantitative estimate of drug-likeness (QED) is 0.746. The second-order valence-electron chi connectivity index (χ2n) is 3.59. The molecule has 1 aromatic rings. The molecule has 0 radical (unpaired) electrons. The van der Waals surface area contributed by atoms with Crippen LogP contribution in [0.3, 0.4) is 0 Å². The summed E-state index contributed by atoms with van der Waals surface area (Å²) >= 11 is 3.17. The van der Waals surface area contributed by atoms with Crippen LogP contribution in [0.5, 0.6) is 0 Å². The van der Waals surface area contributed by atoms with Gasteiger partial charge in [0.2, 0.25) is 0 Å². The Balaban J connectivity index is 2.59. The van der Waals surface area contributed by atoms with Crippen LogP contribution in [-0.2, 0) is 9.53 Å². The van der Waals surface area contributed by atoms with Crippen LogP contribution in [0, 0.1) is 6.92 Å². The van der Waals surface area contributed by atoms with Crippen molar-refractivity contribution in [3.63, 3.8) is 0 Å². The van der Waals surface area contributed by atoms with E-state index in [0.29, 0.717) is 6.61 Å². The molecule has 0 bridgehead atoms. The molecule has 1 rings (SSSR count). The van der Waals surface area contributed by atoms with E-state index in [-0.39, 0.29) is 16.5 Å². The molecule has 0 spiro atoms. The Hall–Kier alpha value is -0.620. The van der Waals surface area contributed by atoms with Crippen molar-refractivity contribution in [1.29, 1.82) is 0 Å². The van der Waals surface area contributed by atoms with Crippen LogP contribution in [0.2, 0.25) is 0 Å². The summed E-state index contributed by atoms with van der Waals surface area (Å²) in [5.41, 5.74) is 0. The normalized spacial score (nSPS) is 14.4. The van der Waals surface area contributed by atoms with E-state index in [0.717, 1.165) is 16.4 Å². The van der Waals surface area contributed by atoms with Crippen molar-refractivity contribution in [2.24, 2.45) is 0 Å². The minimum Gasteiger partial charge on any atom is -0.465 e. The van der Waals surface area contributed by atoms with Gasteiger partial charge in [-0.2, -0.15) is 0 Å². The van der Waals surface area contributed by atoms with E-state index >= 15 is 0 Å². The molecule has 0 amide bonds. The maximum Gasteiger partial charge on any atom is 0.319 e. The Morgan fingerprint density at radius 3 is 2.65 bits per heavy atom. The highest BCUT2D eigenvalue weighted by Gasteiger charge is 2.23. The summed E-state index contributed by atoms with van der Waals surface area (Å²) in [6.45, 7) is 8.23. The minimum atomic E-state index is -0.131. The lowest BCUT2D eigenvalue weighted by atomic mass is 10.3. The Kier molecular flexibility index (Phi) is 5.91. The predicted octanol–water partition coefficient (Wildman–Crippen LogP) is 2.98. The van der Waals surface area contributed by atoms with E-state index < -0.39 is 0 Å². The van der Waals surface area contributed by atoms with Gasteiger partial charge in [-0.25, -0.2) is 0 Å². The van der Waals surface area contributed by atoms with Gasteiger partial charge in [-0.05, 0) is 27.2 Å². The summed E-state index contributed by atoms with van der Waals surface area (Å²) in [6, 6.07) is 0. The van der Waals surface area contributed by atoms with Crippen LogP contribution in [0.25, 0.3) is 0 Å². The van der Waals surface area contributed by atoms with Crippen molar-refractivity contribution in [3.8, 4) is 0 Å². The molecule has 6 heteroatoms. The van der Waals surface area contributed by atoms with Crippen LogP contribution >= 0.6 is 23.1 Å². The van der Waals surface area contributed by atoms with Gasteiger partial charge in [0.05, 0.1) is 11.9 Å². The molecule has 0 N–H and O–H groups in total. The molecule has 96 valence electrons. The first-order chi connectivity index (χ1) is 8.08. The summed E-state index contributed by atoms with van der Waals surface area (Å²) in [6.07, 6.45) is 0.769. The van der Waals surface area contributed by atoms with Crippen LogP contribution in [0.1, 0.15) is 42.5 Å². The number of rotatable bonds is 6. The second kappa shape index (κ2) is 6.96. The monoisotopic (exact) mass is 274 g/mol. The fourth-order valence-electron chi connectivity index (χ4n) is 1.33. The molecule has 0 aliphatic carbocycles. The first-order valence-corrected chi connectivity index (χ1v) is 7.46. The fraction of sp³-hybridized carbons (Fsp3) is 0.727. The molecule has 0 aliphatic heterocycles. The fourth-order valence-corrected chi connectivity index (χ4v) is 3.31. The van der Waals surface area contributed by atoms with Crippen LogP contribution in [0.15, 0.2) is 0 Å². The van der Waals surface area contributed by atoms with E-state index in [1.54, 1.807) is 23.1 Å². The number of hydrogen-bond donors (Lipinski definition) is 0. The Morgan fingerprint density at radius 1 is 1.47 bits per heavy atom. The van der Waals surface area contributed by atoms with Gasteiger partial charge in [0.1, 0.15) is 15.3 Å². The summed E-state index contributed by atoms with van der Waals surface area (Å²) in [5.74, 6) is -0.131. The number of carbonyl (C=O) groups excluding carboxylic acids is 1. The van der Waals surface area contributed by atoms with Crippen molar-refractivity contribution in [1.82, 2.24) is 10.2 Å². The third kappa shape index (κ3) is 4.27. The number of aromatic nitrogens is 2. The highest BCUT2D eigenvalue weighted by Crippen LogP contribution is 2.34. The molecule has 0 saturated heterocycles. The zero-order valence-corrected chi connectivity index (χ0v) is 12.2. The summed E-state index contributed by atoms with van der Waals surface area (Å²) in [5, 5.41) is 10.1. The Morgan fingerprint density at radius 2 is 2.18 bits per heavy atom. The van der Waals surface area contributed by atoms with Gasteiger partial charge in [-0.15, -0.1) is 33.3 Å². The number of hydrogen-bond acceptors (Lipinski definition) is 6. The van der Waals surface area contributed by atoms with Crippen molar-refractivity contribution in [3.05, 3.63) is 10.0 Å². The van der Waals surface area contributed by atoms with Crippen LogP contribution in [0.4, 0.5) is 0 Å². The number of nitrogens with zero attached hydrogens (tertiary/aromatic N) is 2. The molecular formula is C11H18N2O2S2. The van der Waals surface area contributed by atoms with Crippen LogP contribution in [-0.4, -0.2) is 28.0 Å². The molecule has 0 aliphatic rings. The molecule has 4 nitrogen and oxygen atoms in total. The molecule has 17 heavy (non-hydrogen) atoms. The van der Waals surface area contributed by atoms with Crippen molar-refractivity contribution < 1.29 is 9.53 Å². The first-order valence-electron chi connectivity index (χ1n) is 5.70. The summed E-state index contributed by atoms with van der Waals surface area (Å²) in [4.78, 5) is 11.7. The average molecular weight is 274 g/mol. The molecule has 1 heterocycles. The molecule has 0 saturated carbocycles. The van der Waals surface area contributed by atoms with E-state index in [9.17, 15) is 4.79 Å². The van der Waals surface area contributed by atoms with Gasteiger partial charge >= 0.3 is 5.97 Å². The Labute approximate surface area is 110 Å². The number of thioether (sulfide) groups is 1. The van der Waals surface area contributed by atoms with Gasteiger partial charge in [0, 0.05) is 0 Å². The number of carbonyl (C=O) groups is 1. The van der Waals surface area contributed by atoms with Gasteiger partial charge in [0.15, 0.2) is 0 Å². The average Bonchev–Trinajstić information content (AvgIpc) is 2.72. The van der Waals surface area contributed by atoms with E-state index in [4.69, 9.17) is 4.74 Å². The lowest BCUT2D eigenvalue weighted by molar-refractivity contribution is -0.142. The lowest BCUT2D eigenvalue weighted by Gasteiger charge is -2.16. The molecule has 0 unspecified atom stereocenters. The predicted molar refractivity (Wildman–Crippen MR) is 71.4 cm³/mol. The van der Waals surface area contributed by atoms with Crippen molar-refractivity contribution >= 4 is 29.1 Å². The number of aryl methyl sites for hydroxylation is 1. The molecular weight excluding hydrogens is 256 g/mol. The second-order valence-corrected chi connectivity index (χ2v) is 6.35. The Bertz CT molecular complexity index is 368.